The van der Waals surface area contributed by atoms with E-state index in [4.69, 9.17) is 0 Å². The molecule has 0 saturated carbocycles. The summed E-state index contributed by atoms with van der Waals surface area (Å²) in [5, 5.41) is 10.0. The molecule has 1 aliphatic rings. The predicted molar refractivity (Wildman–Crippen MR) is 77.8 cm³/mol. The number of carbonyl (C=O) groups is 1. The fourth-order valence-electron chi connectivity index (χ4n) is 2.63. The lowest BCUT2D eigenvalue weighted by Crippen LogP contribution is -2.38. The molecule has 1 saturated heterocycles. The highest BCUT2D eigenvalue weighted by Gasteiger charge is 2.31. The summed E-state index contributed by atoms with van der Waals surface area (Å²) in [4.78, 5) is 19.1. The molecular formula is C14H18N4OS. The van der Waals surface area contributed by atoms with Crippen LogP contribution in [0.25, 0.3) is 0 Å². The number of amides is 1. The summed E-state index contributed by atoms with van der Waals surface area (Å²) in [6.07, 6.45) is 3.19. The normalized spacial score (nSPS) is 19.3. The number of aromatic amines is 1. The molecule has 0 aliphatic carbocycles. The Kier molecular flexibility index (Phi) is 3.56. The Morgan fingerprint density at radius 1 is 1.45 bits per heavy atom. The first-order chi connectivity index (χ1) is 9.65. The summed E-state index contributed by atoms with van der Waals surface area (Å²) in [6.45, 7) is 4.68. The molecule has 2 aromatic heterocycles. The summed E-state index contributed by atoms with van der Waals surface area (Å²) in [5.74, 6) is 0.00639. The quantitative estimate of drug-likeness (QED) is 0.925. The van der Waals surface area contributed by atoms with E-state index in [9.17, 15) is 4.79 Å². The molecule has 5 nitrogen and oxygen atoms in total. The molecular weight excluding hydrogens is 272 g/mol. The minimum atomic E-state index is 0.00639. The van der Waals surface area contributed by atoms with Crippen molar-refractivity contribution in [2.45, 2.75) is 39.2 Å². The fourth-order valence-corrected chi connectivity index (χ4v) is 3.57. The van der Waals surface area contributed by atoms with Gasteiger partial charge in [-0.3, -0.25) is 9.89 Å². The molecule has 6 heteroatoms. The van der Waals surface area contributed by atoms with Crippen LogP contribution in [0.15, 0.2) is 11.4 Å². The standard InChI is InChI=1S/C14H18N4OS/c1-9-7-11(17-16-9)14(19)18-6-4-3-5-12(18)13-15-10(2)8-20-13/h7-8,12H,3-6H2,1-2H3,(H,16,17)/t12-/m0/s1. The predicted octanol–water partition coefficient (Wildman–Crippen LogP) is 2.85. The van der Waals surface area contributed by atoms with E-state index in [1.54, 1.807) is 17.4 Å². The molecule has 106 valence electrons. The first kappa shape index (κ1) is 13.3. The van der Waals surface area contributed by atoms with Gasteiger partial charge < -0.3 is 4.90 Å². The summed E-state index contributed by atoms with van der Waals surface area (Å²) >= 11 is 1.64. The molecule has 2 aromatic rings. The Bertz CT molecular complexity index is 618. The van der Waals surface area contributed by atoms with E-state index in [0.717, 1.165) is 42.2 Å². The lowest BCUT2D eigenvalue weighted by molar-refractivity contribution is 0.0605. The van der Waals surface area contributed by atoms with Crippen molar-refractivity contribution < 1.29 is 4.79 Å². The third kappa shape index (κ3) is 2.47. The lowest BCUT2D eigenvalue weighted by atomic mass is 10.0. The van der Waals surface area contributed by atoms with Crippen molar-refractivity contribution in [3.05, 3.63) is 33.5 Å². The van der Waals surface area contributed by atoms with Gasteiger partial charge in [-0.15, -0.1) is 11.3 Å². The van der Waals surface area contributed by atoms with Crippen molar-refractivity contribution in [3.8, 4) is 0 Å². The highest BCUT2D eigenvalue weighted by Crippen LogP contribution is 2.33. The smallest absolute Gasteiger partial charge is 0.274 e. The summed E-state index contributed by atoms with van der Waals surface area (Å²) in [5.41, 5.74) is 2.44. The number of likely N-dealkylation sites (tertiary alicyclic amines) is 1. The molecule has 1 amide bonds. The number of H-pyrrole nitrogens is 1. The Balaban J connectivity index is 1.87. The van der Waals surface area contributed by atoms with Crippen molar-refractivity contribution >= 4 is 17.2 Å². The van der Waals surface area contributed by atoms with E-state index >= 15 is 0 Å². The average Bonchev–Trinajstić information content (AvgIpc) is 3.07. The molecule has 20 heavy (non-hydrogen) atoms. The van der Waals surface area contributed by atoms with Gasteiger partial charge in [0.25, 0.3) is 5.91 Å². The molecule has 0 radical (unpaired) electrons. The van der Waals surface area contributed by atoms with E-state index in [0.29, 0.717) is 5.69 Å². The Hall–Kier alpha value is -1.69. The highest BCUT2D eigenvalue weighted by atomic mass is 32.1. The second-order valence-electron chi connectivity index (χ2n) is 5.27. The van der Waals surface area contributed by atoms with Crippen LogP contribution < -0.4 is 0 Å². The number of nitrogens with one attached hydrogen (secondary N) is 1. The molecule has 3 heterocycles. The number of thiazole rings is 1. The second-order valence-corrected chi connectivity index (χ2v) is 6.16. The summed E-state index contributed by atoms with van der Waals surface area (Å²) in [7, 11) is 0. The Morgan fingerprint density at radius 2 is 2.30 bits per heavy atom. The number of aromatic nitrogens is 3. The minimum absolute atomic E-state index is 0.00639. The molecule has 0 spiro atoms. The van der Waals surface area contributed by atoms with Crippen LogP contribution in [0.5, 0.6) is 0 Å². The third-order valence-corrected chi connectivity index (χ3v) is 4.67. The SMILES string of the molecule is Cc1csc([C@@H]2CCCCN2C(=O)c2cc(C)[nH]n2)n1. The van der Waals surface area contributed by atoms with Gasteiger partial charge in [0.2, 0.25) is 0 Å². The van der Waals surface area contributed by atoms with Gasteiger partial charge in [-0.1, -0.05) is 0 Å². The van der Waals surface area contributed by atoms with E-state index < -0.39 is 0 Å². The van der Waals surface area contributed by atoms with E-state index in [1.807, 2.05) is 24.1 Å². The Morgan fingerprint density at radius 3 is 2.95 bits per heavy atom. The van der Waals surface area contributed by atoms with Gasteiger partial charge in [-0.25, -0.2) is 4.98 Å². The molecule has 3 rings (SSSR count). The monoisotopic (exact) mass is 290 g/mol. The van der Waals surface area contributed by atoms with Crippen LogP contribution in [0.1, 0.15) is 52.2 Å². The van der Waals surface area contributed by atoms with Crippen molar-refractivity contribution in [1.29, 1.82) is 0 Å². The summed E-state index contributed by atoms with van der Waals surface area (Å²) in [6, 6.07) is 1.91. The number of hydrogen-bond acceptors (Lipinski definition) is 4. The number of carbonyl (C=O) groups excluding carboxylic acids is 1. The van der Waals surface area contributed by atoms with Crippen molar-refractivity contribution in [3.63, 3.8) is 0 Å². The molecule has 1 aliphatic heterocycles. The maximum absolute atomic E-state index is 12.6. The topological polar surface area (TPSA) is 61.9 Å². The van der Waals surface area contributed by atoms with E-state index in [1.165, 1.54) is 0 Å². The molecule has 1 fully saturated rings. The molecule has 0 unspecified atom stereocenters. The van der Waals surface area contributed by atoms with Crippen LogP contribution in [-0.2, 0) is 0 Å². The zero-order valence-electron chi connectivity index (χ0n) is 11.7. The van der Waals surface area contributed by atoms with Crippen LogP contribution in [0.2, 0.25) is 0 Å². The van der Waals surface area contributed by atoms with E-state index in [2.05, 4.69) is 15.2 Å². The van der Waals surface area contributed by atoms with Gasteiger partial charge in [0.15, 0.2) is 0 Å². The van der Waals surface area contributed by atoms with Crippen molar-refractivity contribution in [1.82, 2.24) is 20.1 Å². The first-order valence-corrected chi connectivity index (χ1v) is 7.78. The van der Waals surface area contributed by atoms with Crippen LogP contribution in [0.4, 0.5) is 0 Å². The van der Waals surface area contributed by atoms with Gasteiger partial charge in [-0.2, -0.15) is 5.10 Å². The van der Waals surface area contributed by atoms with Crippen LogP contribution in [0, 0.1) is 13.8 Å². The van der Waals surface area contributed by atoms with Crippen LogP contribution >= 0.6 is 11.3 Å². The van der Waals surface area contributed by atoms with Crippen molar-refractivity contribution in [2.24, 2.45) is 0 Å². The maximum Gasteiger partial charge on any atom is 0.274 e. The van der Waals surface area contributed by atoms with Gasteiger partial charge in [0.05, 0.1) is 6.04 Å². The lowest BCUT2D eigenvalue weighted by Gasteiger charge is -2.34. The number of nitrogens with zero attached hydrogens (tertiary/aromatic N) is 3. The number of aryl methyl sites for hydroxylation is 2. The van der Waals surface area contributed by atoms with Crippen molar-refractivity contribution in [2.75, 3.05) is 6.54 Å². The largest absolute Gasteiger partial charge is 0.328 e. The number of rotatable bonds is 2. The van der Waals surface area contributed by atoms with Crippen LogP contribution in [-0.4, -0.2) is 32.5 Å². The Labute approximate surface area is 122 Å². The second kappa shape index (κ2) is 5.36. The molecule has 0 bridgehead atoms. The summed E-state index contributed by atoms with van der Waals surface area (Å²) < 4.78 is 0. The maximum atomic E-state index is 12.6. The first-order valence-electron chi connectivity index (χ1n) is 6.90. The van der Waals surface area contributed by atoms with Gasteiger partial charge >= 0.3 is 0 Å². The minimum Gasteiger partial charge on any atom is -0.328 e. The molecule has 1 N–H and O–H groups in total. The average molecular weight is 290 g/mol. The van der Waals surface area contributed by atoms with Gasteiger partial charge in [0, 0.05) is 23.3 Å². The number of piperidine rings is 1. The molecule has 1 atom stereocenters. The third-order valence-electron chi connectivity index (χ3n) is 3.61. The number of hydrogen-bond donors (Lipinski definition) is 1. The molecule has 0 aromatic carbocycles. The highest BCUT2D eigenvalue weighted by molar-refractivity contribution is 7.09. The van der Waals surface area contributed by atoms with Crippen LogP contribution in [0.3, 0.4) is 0 Å². The van der Waals surface area contributed by atoms with Gasteiger partial charge in [0.1, 0.15) is 10.7 Å². The van der Waals surface area contributed by atoms with Gasteiger partial charge in [-0.05, 0) is 39.2 Å². The zero-order chi connectivity index (χ0) is 14.1. The zero-order valence-corrected chi connectivity index (χ0v) is 12.5. The van der Waals surface area contributed by atoms with E-state index in [-0.39, 0.29) is 11.9 Å². The fraction of sp³-hybridized carbons (Fsp3) is 0.500.